The number of fused-ring (bicyclic) bond motifs is 3. The monoisotopic (exact) mass is 644 g/mol. The van der Waals surface area contributed by atoms with Crippen LogP contribution >= 0.6 is 11.6 Å². The molecule has 1 fully saturated rings. The van der Waals surface area contributed by atoms with Gasteiger partial charge in [-0.05, 0) is 117 Å². The van der Waals surface area contributed by atoms with E-state index in [0.717, 1.165) is 61.5 Å². The first-order chi connectivity index (χ1) is 20.8. The minimum Gasteiger partial charge on any atom is -0.490 e. The first-order valence-electron chi connectivity index (χ1n) is 15.6. The van der Waals surface area contributed by atoms with Gasteiger partial charge in [0, 0.05) is 30.6 Å². The second kappa shape index (κ2) is 13.0. The van der Waals surface area contributed by atoms with Crippen molar-refractivity contribution in [3.8, 4) is 5.75 Å². The van der Waals surface area contributed by atoms with Crippen molar-refractivity contribution in [2.24, 2.45) is 22.9 Å². The topological polar surface area (TPSA) is 119 Å². The van der Waals surface area contributed by atoms with Gasteiger partial charge in [-0.2, -0.15) is 0 Å². The highest BCUT2D eigenvalue weighted by Gasteiger charge is 2.44. The Hall–Kier alpha value is -2.59. The number of benzene rings is 2. The van der Waals surface area contributed by atoms with Gasteiger partial charge < -0.3 is 19.5 Å². The zero-order valence-electron chi connectivity index (χ0n) is 26.1. The summed E-state index contributed by atoms with van der Waals surface area (Å²) in [5.74, 6) is 0.385. The van der Waals surface area contributed by atoms with Gasteiger partial charge in [0.25, 0.3) is 0 Å². The average molecular weight is 645 g/mol. The number of carbonyl (C=O) groups is 1. The maximum Gasteiger partial charge on any atom is 0.335 e. The van der Waals surface area contributed by atoms with E-state index in [2.05, 4.69) is 30.0 Å². The predicted octanol–water partition coefficient (Wildman–Crippen LogP) is 6.20. The number of nitrogens with zero attached hydrogens (tertiary/aromatic N) is 1. The van der Waals surface area contributed by atoms with Crippen LogP contribution in [0.1, 0.15) is 74.4 Å². The Bertz CT molecular complexity index is 1530. The number of allylic oxidation sites excluding steroid dienone is 1. The van der Waals surface area contributed by atoms with Gasteiger partial charge in [-0.15, -0.1) is 0 Å². The lowest BCUT2D eigenvalue weighted by molar-refractivity contribution is 0.00600. The van der Waals surface area contributed by atoms with Crippen LogP contribution in [0.5, 0.6) is 5.75 Å². The van der Waals surface area contributed by atoms with Crippen LogP contribution in [0.4, 0.5) is 5.69 Å². The molecule has 2 aromatic rings. The number of anilines is 1. The fourth-order valence-electron chi connectivity index (χ4n) is 7.72. The highest BCUT2D eigenvalue weighted by atomic mass is 35.5. The molecule has 2 unspecified atom stereocenters. The Balaban J connectivity index is 1.43. The molecule has 3 N–H and O–H groups in total. The van der Waals surface area contributed by atoms with Crippen LogP contribution in [0.3, 0.4) is 0 Å². The first kappa shape index (κ1) is 32.8. The normalized spacial score (nSPS) is 25.6. The molecule has 6 atom stereocenters. The average Bonchev–Trinajstić information content (AvgIpc) is 3.10. The minimum atomic E-state index is -3.58. The Morgan fingerprint density at radius 1 is 1.25 bits per heavy atom. The van der Waals surface area contributed by atoms with Gasteiger partial charge in [-0.1, -0.05) is 30.7 Å². The molecule has 44 heavy (non-hydrogen) atoms. The number of aryl methyl sites for hydroxylation is 1. The van der Waals surface area contributed by atoms with Crippen LogP contribution in [0.25, 0.3) is 0 Å². The number of hydrogen-bond acceptors (Lipinski definition) is 6. The van der Waals surface area contributed by atoms with Crippen LogP contribution in [-0.2, 0) is 26.6 Å². The van der Waals surface area contributed by atoms with Crippen LogP contribution in [0, 0.1) is 17.8 Å². The lowest BCUT2D eigenvalue weighted by Gasteiger charge is -2.46. The lowest BCUT2D eigenvalue weighted by Crippen LogP contribution is -2.50. The fourth-order valence-corrected chi connectivity index (χ4v) is 8.48. The minimum absolute atomic E-state index is 0.0308. The number of methoxy groups -OCH3 is 1. The third kappa shape index (κ3) is 6.81. The Labute approximate surface area is 266 Å². The molecule has 0 saturated heterocycles. The van der Waals surface area contributed by atoms with Gasteiger partial charge in [0.15, 0.2) is 0 Å². The van der Waals surface area contributed by atoms with Crippen molar-refractivity contribution in [2.45, 2.75) is 76.1 Å². The molecule has 0 amide bonds. The molecule has 2 aliphatic carbocycles. The van der Waals surface area contributed by atoms with Gasteiger partial charge in [0.05, 0.1) is 29.2 Å². The Morgan fingerprint density at radius 2 is 2.02 bits per heavy atom. The number of primary sulfonamides is 1. The quantitative estimate of drug-likeness (QED) is 0.296. The van der Waals surface area contributed by atoms with E-state index in [1.54, 1.807) is 32.2 Å². The smallest absolute Gasteiger partial charge is 0.335 e. The van der Waals surface area contributed by atoms with Gasteiger partial charge in [-0.25, -0.2) is 18.4 Å². The summed E-state index contributed by atoms with van der Waals surface area (Å²) in [5, 5.41) is 15.3. The standard InChI is InChI=1S/C34H45ClN2O6S/c1-21(15-23(3)44(36,40)41)14-22(2)32(42-4)28-10-7-26(28)18-37-19-34(13-5-6-24-16-27(35)9-11-29(24)34)20-43-31-12-8-25(33(38)39)17-30(31)37/h8-9,11-12,14,16-17,21,23,26,28,32H,5-7,10,13,15,18-20H2,1-4H3,(H,38,39)(H2,36,40,41)/b22-14+/t21?,23?,26-,28+,32-,34-/m0/s1. The maximum atomic E-state index is 12.0. The van der Waals surface area contributed by atoms with E-state index in [4.69, 9.17) is 26.2 Å². The van der Waals surface area contributed by atoms with Crippen LogP contribution in [0.15, 0.2) is 48.0 Å². The molecule has 1 spiro atoms. The van der Waals surface area contributed by atoms with Crippen LogP contribution < -0.4 is 14.8 Å². The summed E-state index contributed by atoms with van der Waals surface area (Å²) in [6, 6.07) is 11.4. The largest absolute Gasteiger partial charge is 0.490 e. The molecule has 8 nitrogen and oxygen atoms in total. The molecule has 1 heterocycles. The van der Waals surface area contributed by atoms with Crippen molar-refractivity contribution in [2.75, 3.05) is 31.7 Å². The molecule has 0 bridgehead atoms. The van der Waals surface area contributed by atoms with Crippen LogP contribution in [0.2, 0.25) is 5.02 Å². The first-order valence-corrected chi connectivity index (χ1v) is 17.6. The fraction of sp³-hybridized carbons (Fsp3) is 0.559. The van der Waals surface area contributed by atoms with Crippen molar-refractivity contribution < 1.29 is 27.8 Å². The van der Waals surface area contributed by atoms with Gasteiger partial charge >= 0.3 is 5.97 Å². The Kier molecular flexibility index (Phi) is 9.71. The van der Waals surface area contributed by atoms with E-state index in [0.29, 0.717) is 24.7 Å². The number of ether oxygens (including phenoxy) is 2. The second-order valence-corrected chi connectivity index (χ2v) is 15.7. The third-order valence-electron chi connectivity index (χ3n) is 10.1. The summed E-state index contributed by atoms with van der Waals surface area (Å²) in [6.07, 6.45) is 7.53. The highest BCUT2D eigenvalue weighted by Crippen LogP contribution is 2.47. The number of sulfonamides is 1. The van der Waals surface area contributed by atoms with Crippen molar-refractivity contribution in [1.82, 2.24) is 0 Å². The zero-order valence-corrected chi connectivity index (χ0v) is 27.7. The summed E-state index contributed by atoms with van der Waals surface area (Å²) >= 11 is 6.40. The number of carboxylic acid groups (broad SMARTS) is 1. The lowest BCUT2D eigenvalue weighted by atomic mass is 9.67. The van der Waals surface area contributed by atoms with Gasteiger partial charge in [-0.3, -0.25) is 0 Å². The number of hydrogen-bond donors (Lipinski definition) is 2. The van der Waals surface area contributed by atoms with Crippen LogP contribution in [-0.4, -0.2) is 57.7 Å². The van der Waals surface area contributed by atoms with Crippen molar-refractivity contribution in [3.05, 3.63) is 69.8 Å². The molecule has 10 heteroatoms. The summed E-state index contributed by atoms with van der Waals surface area (Å²) in [5.41, 5.74) is 4.44. The number of nitrogens with two attached hydrogens (primary N) is 1. The molecular weight excluding hydrogens is 600 g/mol. The molecule has 2 aromatic carbocycles. The number of aromatic carboxylic acids is 1. The SMILES string of the molecule is CO[C@@H](/C(C)=C/C(C)CC(C)S(N)(=O)=O)[C@@H]1CC[C@H]1CN1C[C@@]2(CCCc3cc(Cl)ccc32)COc2ccc(C(=O)O)cc21. The molecule has 0 aromatic heterocycles. The molecule has 0 radical (unpaired) electrons. The molecule has 3 aliphatic rings. The molecule has 5 rings (SSSR count). The summed E-state index contributed by atoms with van der Waals surface area (Å²) in [7, 11) is -1.84. The molecular formula is C34H45ClN2O6S. The van der Waals surface area contributed by atoms with Crippen molar-refractivity contribution >= 4 is 33.3 Å². The maximum absolute atomic E-state index is 12.0. The molecule has 1 saturated carbocycles. The highest BCUT2D eigenvalue weighted by molar-refractivity contribution is 7.89. The molecule has 1 aliphatic heterocycles. The summed E-state index contributed by atoms with van der Waals surface area (Å²) < 4.78 is 36.2. The van der Waals surface area contributed by atoms with E-state index in [-0.39, 0.29) is 28.9 Å². The van der Waals surface area contributed by atoms with Crippen molar-refractivity contribution in [1.29, 1.82) is 0 Å². The van der Waals surface area contributed by atoms with E-state index in [1.165, 1.54) is 11.1 Å². The molecule has 240 valence electrons. The van der Waals surface area contributed by atoms with Gasteiger partial charge in [0.2, 0.25) is 10.0 Å². The number of rotatable bonds is 10. The van der Waals surface area contributed by atoms with E-state index < -0.39 is 21.2 Å². The van der Waals surface area contributed by atoms with E-state index in [1.807, 2.05) is 13.0 Å². The Morgan fingerprint density at radius 3 is 2.68 bits per heavy atom. The zero-order chi connectivity index (χ0) is 31.8. The second-order valence-electron chi connectivity index (χ2n) is 13.3. The summed E-state index contributed by atoms with van der Waals surface area (Å²) in [4.78, 5) is 14.3. The third-order valence-corrected chi connectivity index (χ3v) is 11.7. The van der Waals surface area contributed by atoms with Crippen molar-refractivity contribution in [3.63, 3.8) is 0 Å². The number of carboxylic acids is 1. The predicted molar refractivity (Wildman–Crippen MR) is 174 cm³/mol. The van der Waals surface area contributed by atoms with E-state index in [9.17, 15) is 18.3 Å². The summed E-state index contributed by atoms with van der Waals surface area (Å²) in [6.45, 7) is 7.71. The number of halogens is 1. The van der Waals surface area contributed by atoms with Gasteiger partial charge in [0.1, 0.15) is 5.75 Å². The van der Waals surface area contributed by atoms with E-state index >= 15 is 0 Å².